The molecule has 0 saturated carbocycles. The van der Waals surface area contributed by atoms with Gasteiger partial charge in [0, 0.05) is 37.7 Å². The summed E-state index contributed by atoms with van der Waals surface area (Å²) in [5.74, 6) is 0.228. The van der Waals surface area contributed by atoms with Crippen molar-refractivity contribution in [3.8, 4) is 0 Å². The molecule has 0 radical (unpaired) electrons. The number of rotatable bonds is 8. The second kappa shape index (κ2) is 9.68. The predicted molar refractivity (Wildman–Crippen MR) is 118 cm³/mol. The molecule has 0 unspecified atom stereocenters. The normalized spacial score (nSPS) is 10.4. The smallest absolute Gasteiger partial charge is 0.270 e. The van der Waals surface area contributed by atoms with Crippen LogP contribution < -0.4 is 15.5 Å². The molecule has 29 heavy (non-hydrogen) atoms. The summed E-state index contributed by atoms with van der Waals surface area (Å²) in [6.45, 7) is 2.46. The number of anilines is 3. The van der Waals surface area contributed by atoms with Crippen LogP contribution in [0.25, 0.3) is 0 Å². The van der Waals surface area contributed by atoms with E-state index in [0.29, 0.717) is 18.2 Å². The van der Waals surface area contributed by atoms with Crippen molar-refractivity contribution in [3.05, 3.63) is 77.6 Å². The molecule has 1 aromatic heterocycles. The van der Waals surface area contributed by atoms with Crippen LogP contribution in [0.15, 0.2) is 60.7 Å². The molecule has 3 rings (SSSR count). The number of carbonyl (C=O) groups is 1. The lowest BCUT2D eigenvalue weighted by Gasteiger charge is -2.13. The maximum atomic E-state index is 12.5. The molecular formula is C23H27N5O. The van der Waals surface area contributed by atoms with Gasteiger partial charge >= 0.3 is 0 Å². The number of hydrogen-bond acceptors (Lipinski definition) is 5. The number of amides is 1. The highest BCUT2D eigenvalue weighted by atomic mass is 16.1. The minimum absolute atomic E-state index is 0.186. The van der Waals surface area contributed by atoms with Crippen molar-refractivity contribution in [3.63, 3.8) is 0 Å². The standard InChI is InChI=1S/C23H27N5O/c1-17-16-21(22(29)24-15-7-10-18-8-5-4-6-9-18)27-23(25-17)26-19-11-13-20(14-12-19)28(2)3/h4-6,8-9,11-14,16H,7,10,15H2,1-3H3,(H,24,29)(H,25,26,27). The van der Waals surface area contributed by atoms with E-state index in [2.05, 4.69) is 32.7 Å². The highest BCUT2D eigenvalue weighted by Gasteiger charge is 2.10. The summed E-state index contributed by atoms with van der Waals surface area (Å²) in [5, 5.41) is 6.12. The molecule has 6 nitrogen and oxygen atoms in total. The minimum Gasteiger partial charge on any atom is -0.378 e. The van der Waals surface area contributed by atoms with Crippen LogP contribution in [0.1, 0.15) is 28.2 Å². The highest BCUT2D eigenvalue weighted by Crippen LogP contribution is 2.18. The Morgan fingerprint density at radius 2 is 1.72 bits per heavy atom. The third kappa shape index (κ3) is 6.04. The maximum Gasteiger partial charge on any atom is 0.270 e. The number of carbonyl (C=O) groups excluding carboxylic acids is 1. The topological polar surface area (TPSA) is 70.2 Å². The Morgan fingerprint density at radius 1 is 1.00 bits per heavy atom. The van der Waals surface area contributed by atoms with Crippen LogP contribution >= 0.6 is 0 Å². The molecule has 0 fully saturated rings. The molecular weight excluding hydrogens is 362 g/mol. The van der Waals surface area contributed by atoms with Gasteiger partial charge in [-0.25, -0.2) is 9.97 Å². The number of hydrogen-bond donors (Lipinski definition) is 2. The van der Waals surface area contributed by atoms with Gasteiger partial charge in [-0.3, -0.25) is 4.79 Å². The van der Waals surface area contributed by atoms with Crippen molar-refractivity contribution in [2.75, 3.05) is 30.9 Å². The summed E-state index contributed by atoms with van der Waals surface area (Å²) in [4.78, 5) is 23.3. The summed E-state index contributed by atoms with van der Waals surface area (Å²) >= 11 is 0. The lowest BCUT2D eigenvalue weighted by molar-refractivity contribution is 0.0948. The van der Waals surface area contributed by atoms with Crippen LogP contribution in [0.4, 0.5) is 17.3 Å². The van der Waals surface area contributed by atoms with Gasteiger partial charge in [-0.2, -0.15) is 0 Å². The molecule has 0 aliphatic carbocycles. The van der Waals surface area contributed by atoms with E-state index in [4.69, 9.17) is 0 Å². The summed E-state index contributed by atoms with van der Waals surface area (Å²) in [6, 6.07) is 19.9. The van der Waals surface area contributed by atoms with Crippen molar-refractivity contribution < 1.29 is 4.79 Å². The number of nitrogens with one attached hydrogen (secondary N) is 2. The zero-order chi connectivity index (χ0) is 20.6. The van der Waals surface area contributed by atoms with Crippen molar-refractivity contribution in [1.29, 1.82) is 0 Å². The van der Waals surface area contributed by atoms with E-state index in [-0.39, 0.29) is 5.91 Å². The van der Waals surface area contributed by atoms with Gasteiger partial charge in [0.05, 0.1) is 0 Å². The predicted octanol–water partition coefficient (Wildman–Crippen LogP) is 3.96. The fraction of sp³-hybridized carbons (Fsp3) is 0.261. The van der Waals surface area contributed by atoms with Crippen LogP contribution in [0, 0.1) is 6.92 Å². The molecule has 3 aromatic rings. The molecule has 0 saturated heterocycles. The van der Waals surface area contributed by atoms with E-state index in [1.807, 2.05) is 68.4 Å². The first kappa shape index (κ1) is 20.3. The fourth-order valence-electron chi connectivity index (χ4n) is 2.94. The number of aryl methyl sites for hydroxylation is 2. The second-order valence-electron chi connectivity index (χ2n) is 7.13. The molecule has 1 heterocycles. The molecule has 150 valence electrons. The van der Waals surface area contributed by atoms with Gasteiger partial charge in [0.25, 0.3) is 5.91 Å². The third-order valence-corrected chi connectivity index (χ3v) is 4.50. The zero-order valence-corrected chi connectivity index (χ0v) is 17.1. The van der Waals surface area contributed by atoms with Crippen LogP contribution in [0.2, 0.25) is 0 Å². The molecule has 1 amide bonds. The molecule has 0 atom stereocenters. The van der Waals surface area contributed by atoms with Crippen molar-refractivity contribution in [2.45, 2.75) is 19.8 Å². The van der Waals surface area contributed by atoms with Gasteiger partial charge in [0.15, 0.2) is 0 Å². The largest absolute Gasteiger partial charge is 0.378 e. The SMILES string of the molecule is Cc1cc(C(=O)NCCCc2ccccc2)nc(Nc2ccc(N(C)C)cc2)n1. The van der Waals surface area contributed by atoms with E-state index in [9.17, 15) is 4.79 Å². The summed E-state index contributed by atoms with van der Waals surface area (Å²) in [6.07, 6.45) is 1.81. The number of nitrogens with zero attached hydrogens (tertiary/aromatic N) is 3. The number of benzene rings is 2. The second-order valence-corrected chi connectivity index (χ2v) is 7.13. The van der Waals surface area contributed by atoms with Crippen LogP contribution in [-0.4, -0.2) is 36.5 Å². The first-order valence-electron chi connectivity index (χ1n) is 9.73. The Balaban J connectivity index is 1.58. The highest BCUT2D eigenvalue weighted by molar-refractivity contribution is 5.92. The van der Waals surface area contributed by atoms with Crippen LogP contribution in [0.3, 0.4) is 0 Å². The fourth-order valence-corrected chi connectivity index (χ4v) is 2.94. The molecule has 0 aliphatic heterocycles. The van der Waals surface area contributed by atoms with Gasteiger partial charge in [0.1, 0.15) is 5.69 Å². The molecule has 0 bridgehead atoms. The van der Waals surface area contributed by atoms with Crippen LogP contribution in [0.5, 0.6) is 0 Å². The van der Waals surface area contributed by atoms with E-state index < -0.39 is 0 Å². The van der Waals surface area contributed by atoms with Crippen molar-refractivity contribution in [1.82, 2.24) is 15.3 Å². The third-order valence-electron chi connectivity index (χ3n) is 4.50. The van der Waals surface area contributed by atoms with Gasteiger partial charge in [-0.1, -0.05) is 30.3 Å². The Labute approximate surface area is 172 Å². The van der Waals surface area contributed by atoms with Crippen molar-refractivity contribution >= 4 is 23.2 Å². The summed E-state index contributed by atoms with van der Waals surface area (Å²) in [7, 11) is 3.99. The Kier molecular flexibility index (Phi) is 6.79. The minimum atomic E-state index is -0.186. The molecule has 2 N–H and O–H groups in total. The lowest BCUT2D eigenvalue weighted by atomic mass is 10.1. The monoisotopic (exact) mass is 389 g/mol. The van der Waals surface area contributed by atoms with E-state index in [1.54, 1.807) is 6.07 Å². The molecule has 6 heteroatoms. The molecule has 2 aromatic carbocycles. The average molecular weight is 390 g/mol. The summed E-state index contributed by atoms with van der Waals surface area (Å²) < 4.78 is 0. The number of aromatic nitrogens is 2. The molecule has 0 aliphatic rings. The Morgan fingerprint density at radius 3 is 2.41 bits per heavy atom. The lowest BCUT2D eigenvalue weighted by Crippen LogP contribution is -2.26. The van der Waals surface area contributed by atoms with Crippen LogP contribution in [-0.2, 0) is 6.42 Å². The zero-order valence-electron chi connectivity index (χ0n) is 17.1. The van der Waals surface area contributed by atoms with E-state index >= 15 is 0 Å². The van der Waals surface area contributed by atoms with E-state index in [0.717, 1.165) is 29.9 Å². The van der Waals surface area contributed by atoms with Gasteiger partial charge < -0.3 is 15.5 Å². The van der Waals surface area contributed by atoms with Crippen molar-refractivity contribution in [2.24, 2.45) is 0 Å². The molecule has 0 spiro atoms. The van der Waals surface area contributed by atoms with Gasteiger partial charge in [0.2, 0.25) is 5.95 Å². The Hall–Kier alpha value is -3.41. The van der Waals surface area contributed by atoms with Gasteiger partial charge in [-0.15, -0.1) is 0 Å². The quantitative estimate of drug-likeness (QED) is 0.571. The van der Waals surface area contributed by atoms with Gasteiger partial charge in [-0.05, 0) is 55.7 Å². The maximum absolute atomic E-state index is 12.5. The first-order valence-corrected chi connectivity index (χ1v) is 9.73. The first-order chi connectivity index (χ1) is 14.0. The summed E-state index contributed by atoms with van der Waals surface area (Å²) in [5.41, 5.74) is 4.35. The Bertz CT molecular complexity index is 939. The average Bonchev–Trinajstić information content (AvgIpc) is 2.72. The van der Waals surface area contributed by atoms with E-state index in [1.165, 1.54) is 5.56 Å².